The van der Waals surface area contributed by atoms with E-state index in [0.29, 0.717) is 19.4 Å². The average molecular weight is 398 g/mol. The van der Waals surface area contributed by atoms with Gasteiger partial charge in [-0.3, -0.25) is 4.79 Å². The third kappa shape index (κ3) is 8.47. The number of nitrogens with one attached hydrogen (secondary N) is 2. The van der Waals surface area contributed by atoms with Crippen LogP contribution in [-0.2, 0) is 32.1 Å². The fourth-order valence-corrected chi connectivity index (χ4v) is 2.69. The summed E-state index contributed by atoms with van der Waals surface area (Å²) >= 11 is 0. The van der Waals surface area contributed by atoms with Crippen molar-refractivity contribution in [3.63, 3.8) is 0 Å². The Bertz CT molecular complexity index is 780. The number of methoxy groups -OCH3 is 1. The molecule has 0 unspecified atom stereocenters. The summed E-state index contributed by atoms with van der Waals surface area (Å²) in [7, 11) is 1.28. The second-order valence-electron chi connectivity index (χ2n) is 6.44. The van der Waals surface area contributed by atoms with Gasteiger partial charge < -0.3 is 20.1 Å². The summed E-state index contributed by atoms with van der Waals surface area (Å²) in [6.07, 6.45) is 0.465. The SMILES string of the molecule is COC(=O)[C@H](CCCNC(=O)OCc1ccccc1)NC(=O)Cc1ccccc1. The van der Waals surface area contributed by atoms with Crippen molar-refractivity contribution in [2.24, 2.45) is 0 Å². The van der Waals surface area contributed by atoms with E-state index in [1.54, 1.807) is 0 Å². The van der Waals surface area contributed by atoms with Crippen molar-refractivity contribution in [1.82, 2.24) is 10.6 Å². The number of carbonyl (C=O) groups excluding carboxylic acids is 3. The van der Waals surface area contributed by atoms with E-state index < -0.39 is 18.1 Å². The first-order valence-electron chi connectivity index (χ1n) is 9.44. The molecular weight excluding hydrogens is 372 g/mol. The zero-order valence-corrected chi connectivity index (χ0v) is 16.4. The van der Waals surface area contributed by atoms with Gasteiger partial charge >= 0.3 is 12.1 Å². The number of alkyl carbamates (subject to hydrolysis) is 1. The lowest BCUT2D eigenvalue weighted by Gasteiger charge is -2.16. The maximum absolute atomic E-state index is 12.2. The van der Waals surface area contributed by atoms with Gasteiger partial charge in [0, 0.05) is 6.54 Å². The van der Waals surface area contributed by atoms with E-state index in [-0.39, 0.29) is 18.9 Å². The van der Waals surface area contributed by atoms with E-state index in [9.17, 15) is 14.4 Å². The predicted octanol–water partition coefficient (Wildman–Crippen LogP) is 2.59. The number of esters is 1. The third-order valence-corrected chi connectivity index (χ3v) is 4.18. The molecule has 0 aliphatic carbocycles. The summed E-state index contributed by atoms with van der Waals surface area (Å²) in [6.45, 7) is 0.503. The number of carbonyl (C=O) groups is 3. The molecule has 2 amide bonds. The summed E-state index contributed by atoms with van der Waals surface area (Å²) in [5.41, 5.74) is 1.76. The Morgan fingerprint density at radius 1 is 0.931 bits per heavy atom. The molecule has 1 atom stereocenters. The first kappa shape index (κ1) is 21.9. The Morgan fingerprint density at radius 2 is 1.55 bits per heavy atom. The first-order chi connectivity index (χ1) is 14.1. The van der Waals surface area contributed by atoms with E-state index in [1.165, 1.54) is 7.11 Å². The maximum atomic E-state index is 12.2. The minimum atomic E-state index is -0.765. The van der Waals surface area contributed by atoms with Crippen LogP contribution in [0.25, 0.3) is 0 Å². The molecule has 0 radical (unpaired) electrons. The van der Waals surface area contributed by atoms with Crippen LogP contribution in [0.1, 0.15) is 24.0 Å². The van der Waals surface area contributed by atoms with Crippen LogP contribution in [0.5, 0.6) is 0 Å². The molecule has 154 valence electrons. The molecule has 0 bridgehead atoms. The molecule has 0 heterocycles. The zero-order chi connectivity index (χ0) is 20.9. The highest BCUT2D eigenvalue weighted by molar-refractivity contribution is 5.85. The van der Waals surface area contributed by atoms with E-state index >= 15 is 0 Å². The largest absolute Gasteiger partial charge is 0.467 e. The van der Waals surface area contributed by atoms with Crippen LogP contribution >= 0.6 is 0 Å². The first-order valence-corrected chi connectivity index (χ1v) is 9.44. The van der Waals surface area contributed by atoms with Crippen LogP contribution in [0.3, 0.4) is 0 Å². The standard InChI is InChI=1S/C22H26N2O5/c1-28-21(26)19(24-20(25)15-17-9-4-2-5-10-17)13-8-14-23-22(27)29-16-18-11-6-3-7-12-18/h2-7,9-12,19H,8,13-16H2,1H3,(H,23,27)(H,24,25)/t19-/m0/s1. The van der Waals surface area contributed by atoms with Crippen LogP contribution in [0.15, 0.2) is 60.7 Å². The fraction of sp³-hybridized carbons (Fsp3) is 0.318. The molecule has 0 spiro atoms. The van der Waals surface area contributed by atoms with Crippen molar-refractivity contribution in [1.29, 1.82) is 0 Å². The third-order valence-electron chi connectivity index (χ3n) is 4.18. The monoisotopic (exact) mass is 398 g/mol. The number of benzene rings is 2. The fourth-order valence-electron chi connectivity index (χ4n) is 2.69. The van der Waals surface area contributed by atoms with Gasteiger partial charge in [0.05, 0.1) is 13.5 Å². The Morgan fingerprint density at radius 3 is 2.17 bits per heavy atom. The van der Waals surface area contributed by atoms with E-state index in [0.717, 1.165) is 11.1 Å². The van der Waals surface area contributed by atoms with Gasteiger partial charge in [0.15, 0.2) is 0 Å². The van der Waals surface area contributed by atoms with Crippen LogP contribution < -0.4 is 10.6 Å². The minimum Gasteiger partial charge on any atom is -0.467 e. The lowest BCUT2D eigenvalue weighted by atomic mass is 10.1. The highest BCUT2D eigenvalue weighted by Gasteiger charge is 2.21. The van der Waals surface area contributed by atoms with Gasteiger partial charge in [-0.05, 0) is 24.0 Å². The van der Waals surface area contributed by atoms with Crippen molar-refractivity contribution in [2.75, 3.05) is 13.7 Å². The smallest absolute Gasteiger partial charge is 0.407 e. The molecule has 0 aliphatic heterocycles. The molecule has 2 aromatic rings. The zero-order valence-electron chi connectivity index (χ0n) is 16.4. The molecule has 7 nitrogen and oxygen atoms in total. The second-order valence-corrected chi connectivity index (χ2v) is 6.44. The number of hydrogen-bond donors (Lipinski definition) is 2. The Balaban J connectivity index is 1.70. The summed E-state index contributed by atoms with van der Waals surface area (Å²) in [5, 5.41) is 5.33. The summed E-state index contributed by atoms with van der Waals surface area (Å²) in [4.78, 5) is 35.9. The summed E-state index contributed by atoms with van der Waals surface area (Å²) in [5.74, 6) is -0.778. The number of hydrogen-bond acceptors (Lipinski definition) is 5. The molecule has 29 heavy (non-hydrogen) atoms. The van der Waals surface area contributed by atoms with Crippen LogP contribution in [0, 0.1) is 0 Å². The Kier molecular flexibility index (Phi) is 9.21. The molecule has 2 N–H and O–H groups in total. The van der Waals surface area contributed by atoms with Crippen molar-refractivity contribution >= 4 is 18.0 Å². The van der Waals surface area contributed by atoms with Gasteiger partial charge in [0.25, 0.3) is 0 Å². The molecular formula is C22H26N2O5. The van der Waals surface area contributed by atoms with Gasteiger partial charge in [-0.25, -0.2) is 9.59 Å². The highest BCUT2D eigenvalue weighted by Crippen LogP contribution is 2.04. The average Bonchev–Trinajstić information content (AvgIpc) is 2.75. The Labute approximate surface area is 170 Å². The molecule has 0 saturated heterocycles. The summed E-state index contributed by atoms with van der Waals surface area (Å²) < 4.78 is 9.89. The van der Waals surface area contributed by atoms with E-state index in [4.69, 9.17) is 9.47 Å². The van der Waals surface area contributed by atoms with E-state index in [1.807, 2.05) is 60.7 Å². The molecule has 7 heteroatoms. The molecule has 0 fully saturated rings. The normalized spacial score (nSPS) is 11.2. The second kappa shape index (κ2) is 12.2. The van der Waals surface area contributed by atoms with Crippen molar-refractivity contribution in [3.05, 3.63) is 71.8 Å². The Hall–Kier alpha value is -3.35. The molecule has 0 saturated carbocycles. The van der Waals surface area contributed by atoms with Gasteiger partial charge in [-0.2, -0.15) is 0 Å². The summed E-state index contributed by atoms with van der Waals surface area (Å²) in [6, 6.07) is 17.9. The van der Waals surface area contributed by atoms with Gasteiger partial charge in [0.1, 0.15) is 12.6 Å². The van der Waals surface area contributed by atoms with Crippen LogP contribution in [-0.4, -0.2) is 37.7 Å². The topological polar surface area (TPSA) is 93.7 Å². The van der Waals surface area contributed by atoms with Crippen LogP contribution in [0.2, 0.25) is 0 Å². The predicted molar refractivity (Wildman–Crippen MR) is 108 cm³/mol. The molecule has 0 aliphatic rings. The van der Waals surface area contributed by atoms with Gasteiger partial charge in [-0.15, -0.1) is 0 Å². The number of amides is 2. The van der Waals surface area contributed by atoms with Crippen molar-refractivity contribution in [3.8, 4) is 0 Å². The quantitative estimate of drug-likeness (QED) is 0.474. The van der Waals surface area contributed by atoms with Gasteiger partial charge in [-0.1, -0.05) is 60.7 Å². The van der Waals surface area contributed by atoms with Crippen molar-refractivity contribution < 1.29 is 23.9 Å². The van der Waals surface area contributed by atoms with Gasteiger partial charge in [0.2, 0.25) is 5.91 Å². The minimum absolute atomic E-state index is 0.179. The number of rotatable bonds is 10. The lowest BCUT2D eigenvalue weighted by molar-refractivity contribution is -0.145. The molecule has 2 aromatic carbocycles. The maximum Gasteiger partial charge on any atom is 0.407 e. The van der Waals surface area contributed by atoms with Crippen molar-refractivity contribution in [2.45, 2.75) is 31.9 Å². The highest BCUT2D eigenvalue weighted by atomic mass is 16.5. The van der Waals surface area contributed by atoms with Crippen LogP contribution in [0.4, 0.5) is 4.79 Å². The van der Waals surface area contributed by atoms with E-state index in [2.05, 4.69) is 10.6 Å². The lowest BCUT2D eigenvalue weighted by Crippen LogP contribution is -2.42. The molecule has 2 rings (SSSR count). The number of ether oxygens (including phenoxy) is 2. The molecule has 0 aromatic heterocycles.